The molecule has 9 heteroatoms. The monoisotopic (exact) mass is 390 g/mol. The summed E-state index contributed by atoms with van der Waals surface area (Å²) in [4.78, 5) is 31.9. The number of benzene rings is 1. The third kappa shape index (κ3) is 4.54. The van der Waals surface area contributed by atoms with Crippen molar-refractivity contribution in [3.05, 3.63) is 53.9 Å². The van der Waals surface area contributed by atoms with Gasteiger partial charge in [0.1, 0.15) is 11.6 Å². The average molecular weight is 390 g/mol. The number of nitrogens with zero attached hydrogens (tertiary/aromatic N) is 3. The second kappa shape index (κ2) is 8.64. The van der Waals surface area contributed by atoms with E-state index in [2.05, 4.69) is 10.3 Å². The summed E-state index contributed by atoms with van der Waals surface area (Å²) in [6, 6.07) is 4.57. The van der Waals surface area contributed by atoms with Gasteiger partial charge in [0.05, 0.1) is 29.7 Å². The average Bonchev–Trinajstić information content (AvgIpc) is 2.70. The highest BCUT2D eigenvalue weighted by Crippen LogP contribution is 2.20. The Morgan fingerprint density at radius 1 is 1.14 bits per heavy atom. The van der Waals surface area contributed by atoms with Crippen LogP contribution in [0.15, 0.2) is 36.7 Å². The molecular weight excluding hydrogens is 370 g/mol. The molecule has 1 aliphatic rings. The first-order chi connectivity index (χ1) is 13.5. The Hall–Kier alpha value is -3.23. The number of amides is 2. The number of hydrogen-bond acceptors (Lipinski definition) is 5. The van der Waals surface area contributed by atoms with Crippen LogP contribution in [0.3, 0.4) is 0 Å². The largest absolute Gasteiger partial charge is 0.450 e. The minimum atomic E-state index is -0.854. The molecule has 0 spiro atoms. The summed E-state index contributed by atoms with van der Waals surface area (Å²) in [6.45, 7) is 4.21. The van der Waals surface area contributed by atoms with Crippen molar-refractivity contribution < 1.29 is 23.1 Å². The molecule has 0 unspecified atom stereocenters. The number of hydrogen-bond donors (Lipinski definition) is 1. The van der Waals surface area contributed by atoms with E-state index in [-0.39, 0.29) is 17.3 Å². The topological polar surface area (TPSA) is 74.8 Å². The lowest BCUT2D eigenvalue weighted by Crippen LogP contribution is -2.49. The fourth-order valence-electron chi connectivity index (χ4n) is 2.87. The molecule has 0 saturated carbocycles. The van der Waals surface area contributed by atoms with Crippen molar-refractivity contribution in [2.75, 3.05) is 43.0 Å². The Morgan fingerprint density at radius 3 is 2.57 bits per heavy atom. The zero-order valence-corrected chi connectivity index (χ0v) is 15.3. The highest BCUT2D eigenvalue weighted by molar-refractivity contribution is 6.04. The summed E-state index contributed by atoms with van der Waals surface area (Å²) in [5.41, 5.74) is 0.852. The Kier molecular flexibility index (Phi) is 6.03. The van der Waals surface area contributed by atoms with Gasteiger partial charge >= 0.3 is 6.09 Å². The van der Waals surface area contributed by atoms with E-state index in [1.165, 1.54) is 6.20 Å². The highest BCUT2D eigenvalue weighted by Gasteiger charge is 2.22. The van der Waals surface area contributed by atoms with Crippen LogP contribution in [0, 0.1) is 11.6 Å². The molecule has 0 radical (unpaired) electrons. The van der Waals surface area contributed by atoms with Gasteiger partial charge in [-0.3, -0.25) is 9.78 Å². The smallest absolute Gasteiger partial charge is 0.409 e. The van der Waals surface area contributed by atoms with Crippen molar-refractivity contribution in [1.82, 2.24) is 9.88 Å². The fraction of sp³-hybridized carbons (Fsp3) is 0.316. The van der Waals surface area contributed by atoms with E-state index in [4.69, 9.17) is 4.74 Å². The van der Waals surface area contributed by atoms with E-state index in [1.54, 1.807) is 24.1 Å². The number of carbonyl (C=O) groups is 2. The lowest BCUT2D eigenvalue weighted by Gasteiger charge is -2.35. The van der Waals surface area contributed by atoms with E-state index in [9.17, 15) is 18.4 Å². The molecule has 1 N–H and O–H groups in total. The first-order valence-corrected chi connectivity index (χ1v) is 8.86. The number of rotatable bonds is 4. The number of halogens is 2. The summed E-state index contributed by atoms with van der Waals surface area (Å²) in [6.07, 6.45) is 2.65. The van der Waals surface area contributed by atoms with Gasteiger partial charge in [-0.1, -0.05) is 0 Å². The van der Waals surface area contributed by atoms with E-state index in [0.29, 0.717) is 38.9 Å². The molecular formula is C19H20F2N4O3. The Labute approximate surface area is 160 Å². The lowest BCUT2D eigenvalue weighted by atomic mass is 10.2. The highest BCUT2D eigenvalue weighted by atomic mass is 19.1. The molecule has 2 aromatic rings. The zero-order valence-electron chi connectivity index (χ0n) is 15.3. The second-order valence-corrected chi connectivity index (χ2v) is 6.18. The van der Waals surface area contributed by atoms with Crippen molar-refractivity contribution in [2.45, 2.75) is 6.92 Å². The van der Waals surface area contributed by atoms with Crippen LogP contribution in [0.2, 0.25) is 0 Å². The third-order valence-electron chi connectivity index (χ3n) is 4.34. The Morgan fingerprint density at radius 2 is 1.89 bits per heavy atom. The SMILES string of the molecule is CCOC(=O)N1CCN(c2cncc(C(=O)Nc3ccc(F)cc3F)c2)CC1. The zero-order chi connectivity index (χ0) is 20.1. The van der Waals surface area contributed by atoms with Crippen LogP contribution in [0.4, 0.5) is 25.0 Å². The van der Waals surface area contributed by atoms with Crippen molar-refractivity contribution in [1.29, 1.82) is 0 Å². The minimum Gasteiger partial charge on any atom is -0.450 e. The van der Waals surface area contributed by atoms with Gasteiger partial charge in [0.2, 0.25) is 0 Å². The number of ether oxygens (including phenoxy) is 1. The van der Waals surface area contributed by atoms with Crippen LogP contribution in [0.25, 0.3) is 0 Å². The number of piperazine rings is 1. The van der Waals surface area contributed by atoms with Gasteiger partial charge < -0.3 is 19.9 Å². The van der Waals surface area contributed by atoms with E-state index >= 15 is 0 Å². The Balaban J connectivity index is 1.65. The summed E-state index contributed by atoms with van der Waals surface area (Å²) in [5, 5.41) is 2.41. The van der Waals surface area contributed by atoms with Gasteiger partial charge in [-0.05, 0) is 25.1 Å². The predicted octanol–water partition coefficient (Wildman–Crippen LogP) is 2.89. The standard InChI is InChI=1S/C19H20F2N4O3/c1-2-28-19(27)25-7-5-24(6-8-25)15-9-13(11-22-12-15)18(26)23-17-4-3-14(20)10-16(17)21/h3-4,9-12H,2,5-8H2,1H3,(H,23,26). The third-order valence-corrected chi connectivity index (χ3v) is 4.34. The first kappa shape index (κ1) is 19.5. The van der Waals surface area contributed by atoms with E-state index in [1.807, 2.05) is 4.90 Å². The number of nitrogens with one attached hydrogen (secondary N) is 1. The van der Waals surface area contributed by atoms with Crippen molar-refractivity contribution in [3.63, 3.8) is 0 Å². The van der Waals surface area contributed by atoms with Gasteiger partial charge in [0.25, 0.3) is 5.91 Å². The summed E-state index contributed by atoms with van der Waals surface area (Å²) in [5.74, 6) is -2.13. The van der Waals surface area contributed by atoms with Gasteiger partial charge in [-0.2, -0.15) is 0 Å². The Bertz CT molecular complexity index is 870. The van der Waals surface area contributed by atoms with Crippen LogP contribution in [0.5, 0.6) is 0 Å². The van der Waals surface area contributed by atoms with Crippen LogP contribution in [0.1, 0.15) is 17.3 Å². The van der Waals surface area contributed by atoms with E-state index < -0.39 is 17.5 Å². The maximum Gasteiger partial charge on any atom is 0.409 e. The molecule has 1 aliphatic heterocycles. The normalized spacial score (nSPS) is 14.0. The molecule has 0 bridgehead atoms. The summed E-state index contributed by atoms with van der Waals surface area (Å²) in [7, 11) is 0. The molecule has 1 saturated heterocycles. The summed E-state index contributed by atoms with van der Waals surface area (Å²) >= 11 is 0. The van der Waals surface area contributed by atoms with Crippen molar-refractivity contribution in [2.24, 2.45) is 0 Å². The second-order valence-electron chi connectivity index (χ2n) is 6.18. The molecule has 0 aliphatic carbocycles. The van der Waals surface area contributed by atoms with Gasteiger partial charge in [0.15, 0.2) is 0 Å². The molecule has 28 heavy (non-hydrogen) atoms. The summed E-state index contributed by atoms with van der Waals surface area (Å²) < 4.78 is 31.7. The molecule has 2 heterocycles. The maximum atomic E-state index is 13.7. The first-order valence-electron chi connectivity index (χ1n) is 8.86. The van der Waals surface area contributed by atoms with Crippen molar-refractivity contribution >= 4 is 23.4 Å². The molecule has 1 aromatic heterocycles. The maximum absolute atomic E-state index is 13.7. The molecule has 3 rings (SSSR count). The van der Waals surface area contributed by atoms with Crippen LogP contribution in [-0.4, -0.2) is 54.7 Å². The quantitative estimate of drug-likeness (QED) is 0.869. The molecule has 2 amide bonds. The molecule has 1 aromatic carbocycles. The number of carbonyl (C=O) groups excluding carboxylic acids is 2. The lowest BCUT2D eigenvalue weighted by molar-refractivity contribution is 0.102. The minimum absolute atomic E-state index is 0.111. The molecule has 0 atom stereocenters. The van der Waals surface area contributed by atoms with Crippen molar-refractivity contribution in [3.8, 4) is 0 Å². The predicted molar refractivity (Wildman–Crippen MR) is 99.4 cm³/mol. The molecule has 148 valence electrons. The van der Waals surface area contributed by atoms with Crippen LogP contribution < -0.4 is 10.2 Å². The number of pyridine rings is 1. The van der Waals surface area contributed by atoms with Gasteiger partial charge in [-0.15, -0.1) is 0 Å². The molecule has 1 fully saturated rings. The fourth-order valence-corrected chi connectivity index (χ4v) is 2.87. The molecule has 7 nitrogen and oxygen atoms in total. The van der Waals surface area contributed by atoms with Crippen LogP contribution in [-0.2, 0) is 4.74 Å². The van der Waals surface area contributed by atoms with Gasteiger partial charge in [0, 0.05) is 38.4 Å². The van der Waals surface area contributed by atoms with Gasteiger partial charge in [-0.25, -0.2) is 13.6 Å². The van der Waals surface area contributed by atoms with Crippen LogP contribution >= 0.6 is 0 Å². The number of anilines is 2. The van der Waals surface area contributed by atoms with E-state index in [0.717, 1.165) is 17.8 Å². The number of aromatic nitrogens is 1.